The van der Waals surface area contributed by atoms with Crippen LogP contribution in [0.4, 0.5) is 5.69 Å². The van der Waals surface area contributed by atoms with E-state index in [0.717, 1.165) is 0 Å². The summed E-state index contributed by atoms with van der Waals surface area (Å²) in [7, 11) is -0.326. The Hall–Kier alpha value is -1.12. The second kappa shape index (κ2) is 5.89. The maximum atomic E-state index is 12.1. The van der Waals surface area contributed by atoms with Crippen LogP contribution >= 0.6 is 15.9 Å². The molecule has 0 saturated carbocycles. The third-order valence-corrected chi connectivity index (χ3v) is 4.96. The Kier molecular flexibility index (Phi) is 4.94. The Morgan fingerprint density at radius 3 is 2.47 bits per heavy atom. The summed E-state index contributed by atoms with van der Waals surface area (Å²) in [5.41, 5.74) is 0.701. The highest BCUT2D eigenvalue weighted by atomic mass is 79.9. The summed E-state index contributed by atoms with van der Waals surface area (Å²) in [6.07, 6.45) is 0. The van der Waals surface area contributed by atoms with Crippen LogP contribution in [0.3, 0.4) is 0 Å². The molecule has 0 spiro atoms. The van der Waals surface area contributed by atoms with Crippen molar-refractivity contribution >= 4 is 37.6 Å². The van der Waals surface area contributed by atoms with Crippen molar-refractivity contribution in [1.82, 2.24) is 4.72 Å². The molecule has 1 rings (SSSR count). The molecule has 6 nitrogen and oxygen atoms in total. The molecule has 0 heterocycles. The average molecular weight is 351 g/mol. The van der Waals surface area contributed by atoms with E-state index in [4.69, 9.17) is 5.11 Å². The molecular formula is C11H15BrN2O4S. The third kappa shape index (κ3) is 3.92. The first kappa shape index (κ1) is 15.9. The monoisotopic (exact) mass is 350 g/mol. The summed E-state index contributed by atoms with van der Waals surface area (Å²) in [6, 6.07) is 3.64. The molecule has 1 aromatic rings. The number of sulfonamides is 1. The predicted molar refractivity (Wildman–Crippen MR) is 75.9 cm³/mol. The molecule has 0 radical (unpaired) electrons. The molecule has 0 aromatic heterocycles. The van der Waals surface area contributed by atoms with Crippen molar-refractivity contribution in [3.63, 3.8) is 0 Å². The van der Waals surface area contributed by atoms with Gasteiger partial charge in [0.2, 0.25) is 10.0 Å². The van der Waals surface area contributed by atoms with Gasteiger partial charge in [0.15, 0.2) is 0 Å². The highest BCUT2D eigenvalue weighted by Gasteiger charge is 2.24. The van der Waals surface area contributed by atoms with Gasteiger partial charge < -0.3 is 10.0 Å². The summed E-state index contributed by atoms with van der Waals surface area (Å²) in [4.78, 5) is 12.5. The highest BCUT2D eigenvalue weighted by Crippen LogP contribution is 2.26. The summed E-state index contributed by atoms with van der Waals surface area (Å²) >= 11 is 3.16. The molecule has 1 atom stereocenters. The van der Waals surface area contributed by atoms with Gasteiger partial charge in [0.1, 0.15) is 6.04 Å². The van der Waals surface area contributed by atoms with Crippen molar-refractivity contribution in [3.8, 4) is 0 Å². The predicted octanol–water partition coefficient (Wildman–Crippen LogP) is 1.27. The Morgan fingerprint density at radius 1 is 1.42 bits per heavy atom. The zero-order valence-electron chi connectivity index (χ0n) is 10.7. The van der Waals surface area contributed by atoms with E-state index in [1.165, 1.54) is 13.0 Å². The van der Waals surface area contributed by atoms with Gasteiger partial charge in [-0.2, -0.15) is 4.72 Å². The average Bonchev–Trinajstić information content (AvgIpc) is 2.28. The van der Waals surface area contributed by atoms with Crippen LogP contribution in [0, 0.1) is 0 Å². The number of carbonyl (C=O) groups is 1. The number of carboxylic acids is 1. The zero-order valence-corrected chi connectivity index (χ0v) is 13.1. The molecule has 0 bridgehead atoms. The first-order valence-corrected chi connectivity index (χ1v) is 7.65. The van der Waals surface area contributed by atoms with Gasteiger partial charge in [-0.25, -0.2) is 8.42 Å². The number of hydrogen-bond donors (Lipinski definition) is 2. The lowest BCUT2D eigenvalue weighted by molar-refractivity contribution is -0.138. The van der Waals surface area contributed by atoms with E-state index in [0.29, 0.717) is 10.2 Å². The molecule has 0 saturated heterocycles. The third-order valence-electron chi connectivity index (χ3n) is 2.42. The summed E-state index contributed by atoms with van der Waals surface area (Å²) in [5, 5.41) is 8.76. The van der Waals surface area contributed by atoms with E-state index >= 15 is 0 Å². The van der Waals surface area contributed by atoms with E-state index in [2.05, 4.69) is 20.7 Å². The van der Waals surface area contributed by atoms with Crippen molar-refractivity contribution in [2.24, 2.45) is 0 Å². The van der Waals surface area contributed by atoms with Crippen LogP contribution in [0.2, 0.25) is 0 Å². The molecule has 106 valence electrons. The number of nitrogens with one attached hydrogen (secondary N) is 1. The Balaban J connectivity index is 3.21. The summed E-state index contributed by atoms with van der Waals surface area (Å²) < 4.78 is 26.7. The van der Waals surface area contributed by atoms with Crippen molar-refractivity contribution < 1.29 is 18.3 Å². The molecule has 1 aromatic carbocycles. The fourth-order valence-corrected chi connectivity index (χ4v) is 3.50. The molecule has 0 amide bonds. The second-order valence-corrected chi connectivity index (χ2v) is 6.73. The number of rotatable bonds is 5. The van der Waals surface area contributed by atoms with Gasteiger partial charge in [0.05, 0.1) is 4.90 Å². The lowest BCUT2D eigenvalue weighted by Gasteiger charge is -2.16. The Labute approximate surface area is 120 Å². The molecule has 0 aliphatic carbocycles. The Bertz CT molecular complexity index is 586. The van der Waals surface area contributed by atoms with Crippen LogP contribution in [0.5, 0.6) is 0 Å². The van der Waals surface area contributed by atoms with E-state index in [1.54, 1.807) is 31.1 Å². The van der Waals surface area contributed by atoms with Crippen molar-refractivity contribution in [3.05, 3.63) is 22.7 Å². The van der Waals surface area contributed by atoms with Gasteiger partial charge in [-0.1, -0.05) is 0 Å². The van der Waals surface area contributed by atoms with E-state index < -0.39 is 22.0 Å². The fourth-order valence-electron chi connectivity index (χ4n) is 1.32. The van der Waals surface area contributed by atoms with E-state index in [9.17, 15) is 13.2 Å². The van der Waals surface area contributed by atoms with Gasteiger partial charge in [0, 0.05) is 24.3 Å². The molecule has 0 fully saturated rings. The lowest BCUT2D eigenvalue weighted by Crippen LogP contribution is -2.38. The Morgan fingerprint density at radius 2 is 2.00 bits per heavy atom. The van der Waals surface area contributed by atoms with Gasteiger partial charge >= 0.3 is 5.97 Å². The standard InChI is InChI=1S/C11H15BrN2O4S/c1-7(11(15)16)13-19(17,18)10-6-8(14(2)3)4-5-9(10)12/h4-7,13H,1-3H3,(H,15,16). The number of anilines is 1. The fraction of sp³-hybridized carbons (Fsp3) is 0.364. The van der Waals surface area contributed by atoms with Gasteiger partial charge in [0.25, 0.3) is 0 Å². The lowest BCUT2D eigenvalue weighted by atomic mass is 10.3. The highest BCUT2D eigenvalue weighted by molar-refractivity contribution is 9.10. The van der Waals surface area contributed by atoms with Gasteiger partial charge in [-0.3, -0.25) is 4.79 Å². The van der Waals surface area contributed by atoms with E-state index in [1.807, 2.05) is 0 Å². The van der Waals surface area contributed by atoms with Crippen LogP contribution in [0.1, 0.15) is 6.92 Å². The van der Waals surface area contributed by atoms with Crippen LogP contribution in [-0.4, -0.2) is 39.6 Å². The topological polar surface area (TPSA) is 86.7 Å². The normalized spacial score (nSPS) is 13.1. The molecule has 0 aliphatic heterocycles. The molecule has 8 heteroatoms. The number of nitrogens with zero attached hydrogens (tertiary/aromatic N) is 1. The van der Waals surface area contributed by atoms with Crippen molar-refractivity contribution in [1.29, 1.82) is 0 Å². The molecule has 2 N–H and O–H groups in total. The summed E-state index contributed by atoms with van der Waals surface area (Å²) in [6.45, 7) is 1.27. The van der Waals surface area contributed by atoms with Gasteiger partial charge in [-0.05, 0) is 41.1 Å². The number of benzene rings is 1. The number of aliphatic carboxylic acids is 1. The molecule has 0 aliphatic rings. The smallest absolute Gasteiger partial charge is 0.321 e. The second-order valence-electron chi connectivity index (χ2n) is 4.19. The van der Waals surface area contributed by atoms with Crippen LogP contribution in [0.15, 0.2) is 27.6 Å². The number of halogens is 1. The molecule has 19 heavy (non-hydrogen) atoms. The SMILES string of the molecule is CC(NS(=O)(=O)c1cc(N(C)C)ccc1Br)C(=O)O. The van der Waals surface area contributed by atoms with Crippen molar-refractivity contribution in [2.45, 2.75) is 17.9 Å². The van der Waals surface area contributed by atoms with Gasteiger partial charge in [-0.15, -0.1) is 0 Å². The number of hydrogen-bond acceptors (Lipinski definition) is 4. The van der Waals surface area contributed by atoms with Crippen molar-refractivity contribution in [2.75, 3.05) is 19.0 Å². The van der Waals surface area contributed by atoms with Crippen LogP contribution < -0.4 is 9.62 Å². The molecule has 1 unspecified atom stereocenters. The first-order chi connectivity index (χ1) is 8.65. The van der Waals surface area contributed by atoms with E-state index in [-0.39, 0.29) is 4.90 Å². The minimum absolute atomic E-state index is 0.00630. The maximum Gasteiger partial charge on any atom is 0.321 e. The zero-order chi connectivity index (χ0) is 14.8. The molecular weight excluding hydrogens is 336 g/mol. The largest absolute Gasteiger partial charge is 0.480 e. The minimum Gasteiger partial charge on any atom is -0.480 e. The minimum atomic E-state index is -3.90. The number of carboxylic acid groups (broad SMARTS) is 1. The van der Waals surface area contributed by atoms with Crippen LogP contribution in [0.25, 0.3) is 0 Å². The first-order valence-electron chi connectivity index (χ1n) is 5.37. The quantitative estimate of drug-likeness (QED) is 0.834. The summed E-state index contributed by atoms with van der Waals surface area (Å²) in [5.74, 6) is -1.23. The maximum absolute atomic E-state index is 12.1. The van der Waals surface area contributed by atoms with Crippen LogP contribution in [-0.2, 0) is 14.8 Å².